The summed E-state index contributed by atoms with van der Waals surface area (Å²) in [5, 5.41) is 12.6. The van der Waals surface area contributed by atoms with Crippen molar-refractivity contribution in [3.8, 4) is 0 Å². The molecule has 3 atom stereocenters. The highest BCUT2D eigenvalue weighted by Gasteiger charge is 2.46. The molecule has 0 bridgehead atoms. The molecule has 5 nitrogen and oxygen atoms in total. The molecule has 0 radical (unpaired) electrons. The van der Waals surface area contributed by atoms with Gasteiger partial charge in [0.05, 0.1) is 5.70 Å². The Kier molecular flexibility index (Phi) is 5.02. The van der Waals surface area contributed by atoms with Crippen LogP contribution in [0.5, 0.6) is 0 Å². The van der Waals surface area contributed by atoms with Gasteiger partial charge in [-0.3, -0.25) is 4.79 Å². The van der Waals surface area contributed by atoms with E-state index >= 15 is 0 Å². The number of pyridine rings is 1. The number of carbonyl (C=O) groups excluding carboxylic acids is 1. The molecule has 3 heterocycles. The number of benzene rings is 1. The van der Waals surface area contributed by atoms with Gasteiger partial charge in [-0.1, -0.05) is 48.9 Å². The molecule has 1 saturated heterocycles. The van der Waals surface area contributed by atoms with E-state index in [0.29, 0.717) is 23.0 Å². The van der Waals surface area contributed by atoms with Crippen molar-refractivity contribution in [2.45, 2.75) is 25.0 Å². The van der Waals surface area contributed by atoms with E-state index in [2.05, 4.69) is 4.98 Å². The van der Waals surface area contributed by atoms with Crippen LogP contribution in [-0.2, 0) is 4.79 Å². The van der Waals surface area contributed by atoms with E-state index in [1.807, 2.05) is 30.0 Å². The van der Waals surface area contributed by atoms with Crippen molar-refractivity contribution in [2.24, 2.45) is 0 Å². The molecule has 0 saturated carbocycles. The van der Waals surface area contributed by atoms with Crippen LogP contribution in [0.2, 0.25) is 5.15 Å². The number of Topliss-reactive ketones (excluding diaryl/α,β-unsaturated/α-hetero) is 1. The highest BCUT2D eigenvalue weighted by atomic mass is 35.5. The summed E-state index contributed by atoms with van der Waals surface area (Å²) in [6.45, 7) is 2.47. The first-order valence-electron chi connectivity index (χ1n) is 8.99. The second-order valence-corrected chi connectivity index (χ2v) is 7.33. The van der Waals surface area contributed by atoms with Crippen molar-refractivity contribution < 1.29 is 14.4 Å². The summed E-state index contributed by atoms with van der Waals surface area (Å²) in [5.41, 5.74) is 1.95. The molecule has 0 spiro atoms. The van der Waals surface area contributed by atoms with E-state index in [9.17, 15) is 14.4 Å². The van der Waals surface area contributed by atoms with Gasteiger partial charge in [0.1, 0.15) is 23.2 Å². The van der Waals surface area contributed by atoms with E-state index in [-0.39, 0.29) is 11.7 Å². The van der Waals surface area contributed by atoms with Gasteiger partial charge < -0.3 is 10.1 Å². The zero-order valence-electron chi connectivity index (χ0n) is 15.2. The van der Waals surface area contributed by atoms with Gasteiger partial charge in [0.2, 0.25) is 5.78 Å². The molecule has 1 fully saturated rings. The molecular weight excluding hydrogens is 381 g/mol. The summed E-state index contributed by atoms with van der Waals surface area (Å²) >= 11 is 5.90. The normalized spacial score (nSPS) is 23.4. The average molecular weight is 400 g/mol. The van der Waals surface area contributed by atoms with Crippen LogP contribution in [0.3, 0.4) is 0 Å². The summed E-state index contributed by atoms with van der Waals surface area (Å²) < 4.78 is 13.4. The van der Waals surface area contributed by atoms with Crippen LogP contribution in [0.1, 0.15) is 30.0 Å². The van der Waals surface area contributed by atoms with Crippen LogP contribution in [0.25, 0.3) is 0 Å². The van der Waals surface area contributed by atoms with Crippen molar-refractivity contribution in [3.05, 3.63) is 88.6 Å². The van der Waals surface area contributed by atoms with E-state index in [0.717, 1.165) is 10.6 Å². The van der Waals surface area contributed by atoms with Crippen molar-refractivity contribution in [3.63, 3.8) is 0 Å². The second kappa shape index (κ2) is 7.47. The van der Waals surface area contributed by atoms with E-state index in [1.165, 1.54) is 24.3 Å². The summed E-state index contributed by atoms with van der Waals surface area (Å²) in [6.07, 6.45) is 6.70. The Balaban J connectivity index is 1.76. The number of rotatable bonds is 3. The predicted octanol–water partition coefficient (Wildman–Crippen LogP) is 4.07. The van der Waals surface area contributed by atoms with Crippen molar-refractivity contribution in [2.75, 3.05) is 6.54 Å². The predicted molar refractivity (Wildman–Crippen MR) is 103 cm³/mol. The largest absolute Gasteiger partial charge is 0.346 e. The summed E-state index contributed by atoms with van der Waals surface area (Å²) in [5.74, 6) is -0.799. The molecule has 2 aliphatic rings. The third kappa shape index (κ3) is 3.24. The number of fused-ring (bicyclic) bond motifs is 1. The molecule has 1 aromatic heterocycles. The Morgan fingerprint density at radius 3 is 2.68 bits per heavy atom. The van der Waals surface area contributed by atoms with Crippen LogP contribution in [-0.4, -0.2) is 38.6 Å². The zero-order chi connectivity index (χ0) is 19.8. The number of allylic oxidation sites excluding steroid dienone is 2. The monoisotopic (exact) mass is 399 g/mol. The first kappa shape index (κ1) is 18.8. The lowest BCUT2D eigenvalue weighted by Gasteiger charge is -2.49. The lowest BCUT2D eigenvalue weighted by atomic mass is 9.89. The van der Waals surface area contributed by atoms with E-state index in [1.54, 1.807) is 18.3 Å². The van der Waals surface area contributed by atoms with Crippen LogP contribution < -0.4 is 0 Å². The maximum atomic E-state index is 13.4. The number of carbonyl (C=O) groups is 1. The lowest BCUT2D eigenvalue weighted by molar-refractivity contribution is -0.214. The summed E-state index contributed by atoms with van der Waals surface area (Å²) in [4.78, 5) is 19.1. The number of nitrogens with zero attached hydrogens (tertiary/aromatic N) is 3. The number of aromatic nitrogens is 1. The first-order chi connectivity index (χ1) is 13.5. The van der Waals surface area contributed by atoms with Crippen molar-refractivity contribution in [1.29, 1.82) is 0 Å². The topological polar surface area (TPSA) is 56.7 Å². The van der Waals surface area contributed by atoms with Crippen LogP contribution >= 0.6 is 11.6 Å². The number of ketones is 1. The van der Waals surface area contributed by atoms with Crippen LogP contribution in [0.15, 0.2) is 66.5 Å². The Morgan fingerprint density at radius 2 is 2.00 bits per heavy atom. The molecule has 28 heavy (non-hydrogen) atoms. The highest BCUT2D eigenvalue weighted by molar-refractivity contribution is 6.29. The molecule has 1 aromatic carbocycles. The third-order valence-corrected chi connectivity index (χ3v) is 5.49. The summed E-state index contributed by atoms with van der Waals surface area (Å²) in [7, 11) is 0. The first-order valence-corrected chi connectivity index (χ1v) is 9.37. The molecule has 2 aromatic rings. The average Bonchev–Trinajstić information content (AvgIpc) is 2.70. The fourth-order valence-electron chi connectivity index (χ4n) is 3.83. The van der Waals surface area contributed by atoms with Gasteiger partial charge in [0.25, 0.3) is 0 Å². The molecule has 0 aliphatic carbocycles. The van der Waals surface area contributed by atoms with Gasteiger partial charge in [-0.2, -0.15) is 5.06 Å². The van der Waals surface area contributed by atoms with Crippen molar-refractivity contribution in [1.82, 2.24) is 14.9 Å². The van der Waals surface area contributed by atoms with Gasteiger partial charge in [-0.25, -0.2) is 9.37 Å². The van der Waals surface area contributed by atoms with Gasteiger partial charge >= 0.3 is 0 Å². The highest BCUT2D eigenvalue weighted by Crippen LogP contribution is 2.40. The Morgan fingerprint density at radius 1 is 1.25 bits per heavy atom. The fourth-order valence-corrected chi connectivity index (χ4v) is 3.95. The quantitative estimate of drug-likeness (QED) is 0.788. The number of hydrogen-bond donors (Lipinski definition) is 1. The van der Waals surface area contributed by atoms with Gasteiger partial charge in [-0.05, 0) is 35.4 Å². The lowest BCUT2D eigenvalue weighted by Crippen LogP contribution is -2.58. The molecule has 144 valence electrons. The molecule has 3 unspecified atom stereocenters. The third-order valence-electron chi connectivity index (χ3n) is 5.27. The van der Waals surface area contributed by atoms with E-state index in [4.69, 9.17) is 11.6 Å². The molecule has 2 aliphatic heterocycles. The van der Waals surface area contributed by atoms with Crippen molar-refractivity contribution >= 4 is 17.4 Å². The number of hydroxylamine groups is 2. The smallest absolute Gasteiger partial charge is 0.202 e. The Labute approximate surface area is 167 Å². The maximum absolute atomic E-state index is 13.4. The molecule has 4 rings (SSSR count). The maximum Gasteiger partial charge on any atom is 0.202 e. The summed E-state index contributed by atoms with van der Waals surface area (Å²) in [6, 6.07) is 8.29. The Hall–Kier alpha value is -2.54. The molecule has 1 N–H and O–H groups in total. The standard InChI is InChI=1S/C21H19ClFN3O2/c1-13(15-7-10-18(22)24-12-15)21-25-11-3-2-4-17(25)20(27)19(26(21)28)14-5-8-16(23)9-6-14/h2-10,12-13,19,21,28H,11H2,1H3. The zero-order valence-corrected chi connectivity index (χ0v) is 15.9. The van der Waals surface area contributed by atoms with Gasteiger partial charge in [0.15, 0.2) is 0 Å². The number of hydrogen-bond acceptors (Lipinski definition) is 5. The van der Waals surface area contributed by atoms with Crippen LogP contribution in [0.4, 0.5) is 4.39 Å². The number of halogens is 2. The Bertz CT molecular complexity index is 943. The van der Waals surface area contributed by atoms with Gasteiger partial charge in [0, 0.05) is 18.7 Å². The molecular formula is C21H19ClFN3O2. The van der Waals surface area contributed by atoms with Gasteiger partial charge in [-0.15, -0.1) is 0 Å². The SMILES string of the molecule is CC(c1ccc(Cl)nc1)C1N2CC=CC=C2C(=O)C(c2ccc(F)cc2)N1O. The fraction of sp³-hybridized carbons (Fsp3) is 0.238. The van der Waals surface area contributed by atoms with Crippen LogP contribution in [0, 0.1) is 5.82 Å². The molecule has 7 heteroatoms. The molecule has 0 amide bonds. The second-order valence-electron chi connectivity index (χ2n) is 6.95. The minimum atomic E-state index is -0.915. The minimum Gasteiger partial charge on any atom is -0.346 e. The minimum absolute atomic E-state index is 0.180. The van der Waals surface area contributed by atoms with E-state index < -0.39 is 18.0 Å².